The lowest BCUT2D eigenvalue weighted by atomic mass is 10.4. The fraction of sp³-hybridized carbons (Fsp3) is 0.875. The molecule has 0 heterocycles. The average Bonchev–Trinajstić information content (AvgIpc) is 2.03. The van der Waals surface area contributed by atoms with Gasteiger partial charge in [0.15, 0.2) is 0 Å². The third-order valence-corrected chi connectivity index (χ3v) is 2.16. The first-order valence-electron chi connectivity index (χ1n) is 4.33. The molecule has 0 bridgehead atoms. The van der Waals surface area contributed by atoms with Crippen LogP contribution in [0.2, 0.25) is 0 Å². The van der Waals surface area contributed by atoms with E-state index in [1.807, 2.05) is 0 Å². The van der Waals surface area contributed by atoms with Gasteiger partial charge in [0.05, 0.1) is 13.0 Å². The number of nitrogens with one attached hydrogen (secondary N) is 1. The quantitative estimate of drug-likeness (QED) is 0.468. The Hall–Kier alpha value is -0.420. The predicted molar refractivity (Wildman–Crippen MR) is 53.1 cm³/mol. The van der Waals surface area contributed by atoms with E-state index >= 15 is 0 Å². The molecule has 1 atom stereocenters. The van der Waals surface area contributed by atoms with Crippen LogP contribution < -0.4 is 5.32 Å². The molecule has 0 saturated carbocycles. The number of ether oxygens (including phenoxy) is 1. The first kappa shape index (κ1) is 12.6. The molecule has 0 aromatic heterocycles. The number of hydrogen-bond acceptors (Lipinski definition) is 4. The Kier molecular flexibility index (Phi) is 7.93. The molecule has 0 aliphatic carbocycles. The zero-order valence-electron chi connectivity index (χ0n) is 8.17. The van der Waals surface area contributed by atoms with Crippen LogP contribution in [-0.2, 0) is 20.3 Å². The highest BCUT2D eigenvalue weighted by Gasteiger charge is 1.99. The van der Waals surface area contributed by atoms with Crippen molar-refractivity contribution < 1.29 is 13.7 Å². The van der Waals surface area contributed by atoms with Crippen LogP contribution in [-0.4, -0.2) is 41.9 Å². The van der Waals surface area contributed by atoms with Gasteiger partial charge in [0.1, 0.15) is 0 Å². The molecule has 0 spiro atoms. The fourth-order valence-corrected chi connectivity index (χ4v) is 1.20. The minimum Gasteiger partial charge on any atom is -0.466 e. The maximum atomic E-state index is 10.8. The van der Waals surface area contributed by atoms with Crippen molar-refractivity contribution in [2.45, 2.75) is 13.3 Å². The van der Waals surface area contributed by atoms with Gasteiger partial charge in [-0.15, -0.1) is 0 Å². The second kappa shape index (κ2) is 8.19. The molecule has 0 fully saturated rings. The summed E-state index contributed by atoms with van der Waals surface area (Å²) in [5.41, 5.74) is 0. The maximum absolute atomic E-state index is 10.8. The summed E-state index contributed by atoms with van der Waals surface area (Å²) >= 11 is 0. The maximum Gasteiger partial charge on any atom is 0.307 e. The normalized spacial score (nSPS) is 12.5. The van der Waals surface area contributed by atoms with Gasteiger partial charge in [0.25, 0.3) is 0 Å². The summed E-state index contributed by atoms with van der Waals surface area (Å²) in [6.07, 6.45) is 2.04. The minimum atomic E-state index is -0.762. The summed E-state index contributed by atoms with van der Waals surface area (Å²) in [4.78, 5) is 10.8. The van der Waals surface area contributed by atoms with Crippen molar-refractivity contribution in [3.8, 4) is 0 Å². The molecule has 0 radical (unpaired) electrons. The Bertz CT molecular complexity index is 173. The molecule has 1 N–H and O–H groups in total. The van der Waals surface area contributed by atoms with Crippen molar-refractivity contribution in [2.24, 2.45) is 0 Å². The third kappa shape index (κ3) is 9.49. The van der Waals surface area contributed by atoms with Crippen molar-refractivity contribution in [3.05, 3.63) is 0 Å². The highest BCUT2D eigenvalue weighted by molar-refractivity contribution is 7.84. The number of carbonyl (C=O) groups is 1. The molecule has 0 aromatic carbocycles. The molecule has 78 valence electrons. The van der Waals surface area contributed by atoms with Crippen LogP contribution in [0.15, 0.2) is 0 Å². The van der Waals surface area contributed by atoms with Crippen LogP contribution in [0.4, 0.5) is 0 Å². The van der Waals surface area contributed by atoms with E-state index in [1.165, 1.54) is 0 Å². The Morgan fingerprint density at radius 1 is 1.46 bits per heavy atom. The minimum absolute atomic E-state index is 0.187. The molecule has 0 aliphatic rings. The van der Waals surface area contributed by atoms with Gasteiger partial charge in [-0.05, 0) is 6.92 Å². The van der Waals surface area contributed by atoms with Gasteiger partial charge in [-0.1, -0.05) is 0 Å². The topological polar surface area (TPSA) is 55.4 Å². The van der Waals surface area contributed by atoms with E-state index in [2.05, 4.69) is 5.32 Å². The van der Waals surface area contributed by atoms with Gasteiger partial charge >= 0.3 is 5.97 Å². The lowest BCUT2D eigenvalue weighted by molar-refractivity contribution is -0.142. The van der Waals surface area contributed by atoms with Crippen molar-refractivity contribution in [3.63, 3.8) is 0 Å². The first-order chi connectivity index (χ1) is 6.16. The fourth-order valence-electron chi connectivity index (χ4n) is 0.765. The summed E-state index contributed by atoms with van der Waals surface area (Å²) in [7, 11) is -0.762. The van der Waals surface area contributed by atoms with E-state index in [9.17, 15) is 9.00 Å². The van der Waals surface area contributed by atoms with Gasteiger partial charge < -0.3 is 10.1 Å². The number of esters is 1. The molecule has 0 aliphatic heterocycles. The van der Waals surface area contributed by atoms with Gasteiger partial charge in [-0.2, -0.15) is 0 Å². The van der Waals surface area contributed by atoms with Gasteiger partial charge in [0, 0.05) is 35.9 Å². The van der Waals surface area contributed by atoms with E-state index in [1.54, 1.807) is 13.2 Å². The molecule has 5 heteroatoms. The van der Waals surface area contributed by atoms with E-state index in [4.69, 9.17) is 4.74 Å². The van der Waals surface area contributed by atoms with Crippen LogP contribution in [0.1, 0.15) is 13.3 Å². The van der Waals surface area contributed by atoms with E-state index in [0.29, 0.717) is 31.9 Å². The zero-order valence-corrected chi connectivity index (χ0v) is 8.99. The van der Waals surface area contributed by atoms with Crippen molar-refractivity contribution in [2.75, 3.05) is 31.7 Å². The molecule has 0 amide bonds. The summed E-state index contributed by atoms with van der Waals surface area (Å²) in [6.45, 7) is 3.49. The average molecular weight is 207 g/mol. The number of hydrogen-bond donors (Lipinski definition) is 1. The monoisotopic (exact) mass is 207 g/mol. The highest BCUT2D eigenvalue weighted by atomic mass is 32.2. The van der Waals surface area contributed by atoms with Crippen LogP contribution >= 0.6 is 0 Å². The Labute approximate surface area is 81.5 Å². The molecule has 13 heavy (non-hydrogen) atoms. The van der Waals surface area contributed by atoms with E-state index in [-0.39, 0.29) is 5.97 Å². The Morgan fingerprint density at radius 3 is 2.69 bits per heavy atom. The molecule has 0 rings (SSSR count). The van der Waals surface area contributed by atoms with Crippen LogP contribution in [0.3, 0.4) is 0 Å². The third-order valence-electron chi connectivity index (χ3n) is 1.38. The molecule has 1 unspecified atom stereocenters. The zero-order chi connectivity index (χ0) is 10.1. The number of rotatable bonds is 7. The second-order valence-corrected chi connectivity index (χ2v) is 4.14. The van der Waals surface area contributed by atoms with Crippen LogP contribution in [0.5, 0.6) is 0 Å². The second-order valence-electron chi connectivity index (χ2n) is 2.58. The first-order valence-corrected chi connectivity index (χ1v) is 6.06. The van der Waals surface area contributed by atoms with Gasteiger partial charge in [0.2, 0.25) is 0 Å². The summed E-state index contributed by atoms with van der Waals surface area (Å²) in [5, 5.41) is 3.01. The molecular weight excluding hydrogens is 190 g/mol. The predicted octanol–water partition coefficient (Wildman–Crippen LogP) is -0.0923. The van der Waals surface area contributed by atoms with E-state index in [0.717, 1.165) is 0 Å². The molecular formula is C8H17NO3S. The van der Waals surface area contributed by atoms with Crippen molar-refractivity contribution >= 4 is 16.8 Å². The largest absolute Gasteiger partial charge is 0.466 e. The summed E-state index contributed by atoms with van der Waals surface area (Å²) < 4.78 is 15.4. The van der Waals surface area contributed by atoms with E-state index < -0.39 is 10.8 Å². The summed E-state index contributed by atoms with van der Waals surface area (Å²) in [5.74, 6) is 0.440. The summed E-state index contributed by atoms with van der Waals surface area (Å²) in [6, 6.07) is 0. The lowest BCUT2D eigenvalue weighted by Gasteiger charge is -2.03. The number of carbonyl (C=O) groups excluding carboxylic acids is 1. The smallest absolute Gasteiger partial charge is 0.307 e. The standard InChI is InChI=1S/C8H17NO3S/c1-3-12-8(10)4-5-9-6-7-13(2)11/h9H,3-7H2,1-2H3. The molecule has 0 saturated heterocycles. The van der Waals surface area contributed by atoms with Gasteiger partial charge in [-0.3, -0.25) is 9.00 Å². The Balaban J connectivity index is 3.16. The highest BCUT2D eigenvalue weighted by Crippen LogP contribution is 1.83. The van der Waals surface area contributed by atoms with Crippen LogP contribution in [0.25, 0.3) is 0 Å². The SMILES string of the molecule is CCOC(=O)CCNCCS(C)=O. The van der Waals surface area contributed by atoms with Gasteiger partial charge in [-0.25, -0.2) is 0 Å². The molecule has 0 aromatic rings. The Morgan fingerprint density at radius 2 is 2.15 bits per heavy atom. The van der Waals surface area contributed by atoms with Crippen molar-refractivity contribution in [1.82, 2.24) is 5.32 Å². The lowest BCUT2D eigenvalue weighted by Crippen LogP contribution is -2.23. The molecule has 4 nitrogen and oxygen atoms in total. The van der Waals surface area contributed by atoms with Crippen LogP contribution in [0, 0.1) is 0 Å². The van der Waals surface area contributed by atoms with Crippen molar-refractivity contribution in [1.29, 1.82) is 0 Å².